The second-order valence-corrected chi connectivity index (χ2v) is 14.6. The standard InChI is InChI=1S/C52H30N4O/c1-2-10-31(11-3-1)50-54-51(35-15-6-12-32(26-35)37-28-34-14-8-18-41-40-24-25-53-30-45(40)44(29-37)48(34)41)56-52(55-50)36-22-23-38-33(27-36)13-7-17-39(38)42-19-9-21-47-49(42)43-16-4-5-20-46(43)57-47/h1-30H. The zero-order chi connectivity index (χ0) is 37.5. The second kappa shape index (κ2) is 12.4. The molecule has 1 aliphatic rings. The summed E-state index contributed by atoms with van der Waals surface area (Å²) in [5.74, 6) is 1.87. The van der Waals surface area contributed by atoms with Crippen LogP contribution >= 0.6 is 0 Å². The van der Waals surface area contributed by atoms with Gasteiger partial charge in [-0.15, -0.1) is 0 Å². The molecule has 0 N–H and O–H groups in total. The van der Waals surface area contributed by atoms with E-state index in [0.717, 1.165) is 71.7 Å². The number of aromatic nitrogens is 4. The third kappa shape index (κ3) is 5.03. The molecule has 5 heteroatoms. The summed E-state index contributed by atoms with van der Waals surface area (Å²) in [4.78, 5) is 19.8. The van der Waals surface area contributed by atoms with Gasteiger partial charge in [-0.2, -0.15) is 0 Å². The average molecular weight is 727 g/mol. The van der Waals surface area contributed by atoms with E-state index in [9.17, 15) is 0 Å². The van der Waals surface area contributed by atoms with E-state index in [0.29, 0.717) is 17.5 Å². The monoisotopic (exact) mass is 726 g/mol. The zero-order valence-corrected chi connectivity index (χ0v) is 30.5. The first-order chi connectivity index (χ1) is 28.2. The summed E-state index contributed by atoms with van der Waals surface area (Å²) in [6.07, 6.45) is 3.86. The Morgan fingerprint density at radius 3 is 1.86 bits per heavy atom. The van der Waals surface area contributed by atoms with Crippen LogP contribution in [0.4, 0.5) is 0 Å². The predicted octanol–water partition coefficient (Wildman–Crippen LogP) is 13.5. The minimum absolute atomic E-state index is 0.620. The van der Waals surface area contributed by atoms with Crippen LogP contribution in [0, 0.1) is 0 Å². The van der Waals surface area contributed by atoms with Crippen LogP contribution in [0.5, 0.6) is 0 Å². The van der Waals surface area contributed by atoms with Crippen molar-refractivity contribution in [3.63, 3.8) is 0 Å². The topological polar surface area (TPSA) is 64.7 Å². The Labute approximate surface area is 327 Å². The van der Waals surface area contributed by atoms with E-state index < -0.39 is 0 Å². The molecule has 0 atom stereocenters. The normalized spacial score (nSPS) is 11.9. The van der Waals surface area contributed by atoms with Crippen molar-refractivity contribution in [1.29, 1.82) is 0 Å². The largest absolute Gasteiger partial charge is 0.456 e. The van der Waals surface area contributed by atoms with Crippen LogP contribution in [0.3, 0.4) is 0 Å². The fourth-order valence-electron chi connectivity index (χ4n) is 8.72. The molecule has 3 heterocycles. The van der Waals surface area contributed by atoms with Gasteiger partial charge in [-0.3, -0.25) is 4.98 Å². The molecule has 0 bridgehead atoms. The molecule has 0 saturated carbocycles. The molecule has 264 valence electrons. The molecule has 5 nitrogen and oxygen atoms in total. The van der Waals surface area contributed by atoms with Crippen molar-refractivity contribution in [1.82, 2.24) is 19.9 Å². The quantitative estimate of drug-likeness (QED) is 0.177. The highest BCUT2D eigenvalue weighted by Crippen LogP contribution is 2.48. The van der Waals surface area contributed by atoms with E-state index in [1.54, 1.807) is 0 Å². The van der Waals surface area contributed by atoms with Crippen molar-refractivity contribution in [2.24, 2.45) is 0 Å². The fourth-order valence-corrected chi connectivity index (χ4v) is 8.72. The maximum atomic E-state index is 6.25. The first kappa shape index (κ1) is 31.6. The molecule has 57 heavy (non-hydrogen) atoms. The molecule has 0 saturated heterocycles. The Kier molecular flexibility index (Phi) is 6.86. The summed E-state index contributed by atoms with van der Waals surface area (Å²) in [6.45, 7) is 0. The third-order valence-corrected chi connectivity index (χ3v) is 11.3. The summed E-state index contributed by atoms with van der Waals surface area (Å²) >= 11 is 0. The van der Waals surface area contributed by atoms with Crippen LogP contribution in [-0.2, 0) is 0 Å². The Morgan fingerprint density at radius 1 is 0.333 bits per heavy atom. The van der Waals surface area contributed by atoms with Crippen molar-refractivity contribution >= 4 is 43.5 Å². The number of fused-ring (bicyclic) bond motifs is 7. The van der Waals surface area contributed by atoms with Gasteiger partial charge in [-0.25, -0.2) is 15.0 Å². The van der Waals surface area contributed by atoms with Gasteiger partial charge in [-0.05, 0) is 103 Å². The van der Waals surface area contributed by atoms with Gasteiger partial charge in [0.25, 0.3) is 0 Å². The Hall–Kier alpha value is -7.76. The number of benzene rings is 8. The van der Waals surface area contributed by atoms with Crippen LogP contribution in [0.1, 0.15) is 0 Å². The van der Waals surface area contributed by atoms with Crippen LogP contribution in [0.15, 0.2) is 187 Å². The molecule has 12 rings (SSSR count). The number of hydrogen-bond donors (Lipinski definition) is 0. The summed E-state index contributed by atoms with van der Waals surface area (Å²) in [5, 5.41) is 6.98. The van der Waals surface area contributed by atoms with E-state index in [1.165, 1.54) is 33.0 Å². The summed E-state index contributed by atoms with van der Waals surface area (Å²) in [5.41, 5.74) is 14.0. The van der Waals surface area contributed by atoms with Crippen LogP contribution in [-0.4, -0.2) is 19.9 Å². The van der Waals surface area contributed by atoms with Crippen LogP contribution < -0.4 is 0 Å². The molecule has 11 aromatic rings. The van der Waals surface area contributed by atoms with E-state index in [4.69, 9.17) is 19.4 Å². The smallest absolute Gasteiger partial charge is 0.164 e. The average Bonchev–Trinajstić information content (AvgIpc) is 3.83. The number of rotatable bonds is 5. The minimum atomic E-state index is 0.620. The maximum absolute atomic E-state index is 6.25. The molecule has 1 aliphatic carbocycles. The molecule has 0 fully saturated rings. The molecule has 0 amide bonds. The van der Waals surface area contributed by atoms with Gasteiger partial charge < -0.3 is 4.42 Å². The first-order valence-corrected chi connectivity index (χ1v) is 19.1. The number of para-hydroxylation sites is 1. The number of nitrogens with zero attached hydrogens (tertiary/aromatic N) is 4. The molecule has 8 aromatic carbocycles. The maximum Gasteiger partial charge on any atom is 0.164 e. The highest BCUT2D eigenvalue weighted by Gasteiger charge is 2.23. The fraction of sp³-hybridized carbons (Fsp3) is 0. The number of hydrogen-bond acceptors (Lipinski definition) is 5. The van der Waals surface area contributed by atoms with Crippen molar-refractivity contribution in [3.05, 3.63) is 182 Å². The van der Waals surface area contributed by atoms with Crippen molar-refractivity contribution < 1.29 is 4.42 Å². The molecule has 0 aliphatic heterocycles. The summed E-state index contributed by atoms with van der Waals surface area (Å²) in [7, 11) is 0. The third-order valence-electron chi connectivity index (χ3n) is 11.3. The van der Waals surface area contributed by atoms with Gasteiger partial charge in [0.15, 0.2) is 17.5 Å². The van der Waals surface area contributed by atoms with Crippen molar-refractivity contribution in [2.75, 3.05) is 0 Å². The second-order valence-electron chi connectivity index (χ2n) is 14.6. The molecular formula is C52H30N4O. The van der Waals surface area contributed by atoms with Gasteiger partial charge >= 0.3 is 0 Å². The lowest BCUT2D eigenvalue weighted by Gasteiger charge is -2.12. The van der Waals surface area contributed by atoms with Gasteiger partial charge in [0.05, 0.1) is 0 Å². The van der Waals surface area contributed by atoms with E-state index >= 15 is 0 Å². The van der Waals surface area contributed by atoms with Gasteiger partial charge in [0.2, 0.25) is 0 Å². The van der Waals surface area contributed by atoms with E-state index in [2.05, 4.69) is 126 Å². The lowest BCUT2D eigenvalue weighted by Crippen LogP contribution is -2.00. The van der Waals surface area contributed by atoms with Crippen LogP contribution in [0.2, 0.25) is 0 Å². The molecule has 3 aromatic heterocycles. The predicted molar refractivity (Wildman–Crippen MR) is 232 cm³/mol. The molecule has 0 radical (unpaired) electrons. The molecular weight excluding hydrogens is 697 g/mol. The first-order valence-electron chi connectivity index (χ1n) is 19.1. The van der Waals surface area contributed by atoms with Crippen molar-refractivity contribution in [2.45, 2.75) is 0 Å². The van der Waals surface area contributed by atoms with E-state index in [1.807, 2.05) is 60.9 Å². The zero-order valence-electron chi connectivity index (χ0n) is 30.5. The Morgan fingerprint density at radius 2 is 0.982 bits per heavy atom. The number of pyridine rings is 1. The number of furan rings is 1. The highest BCUT2D eigenvalue weighted by molar-refractivity contribution is 6.17. The highest BCUT2D eigenvalue weighted by atomic mass is 16.3. The van der Waals surface area contributed by atoms with Crippen LogP contribution in [0.25, 0.3) is 122 Å². The van der Waals surface area contributed by atoms with Gasteiger partial charge in [-0.1, -0.05) is 127 Å². The van der Waals surface area contributed by atoms with Gasteiger partial charge in [0.1, 0.15) is 11.2 Å². The summed E-state index contributed by atoms with van der Waals surface area (Å²) in [6, 6.07) is 59.4. The SMILES string of the molecule is c1ccc(-c2nc(-c3cccc(-c4cc5c6c(cccc6c4)-c4ccncc4-5)c3)nc(-c3ccc4c(-c5cccc6oc7ccccc7c56)cccc4c3)n2)cc1. The lowest BCUT2D eigenvalue weighted by atomic mass is 9.94. The molecule has 0 unspecified atom stereocenters. The molecule has 0 spiro atoms. The summed E-state index contributed by atoms with van der Waals surface area (Å²) < 4.78 is 6.25. The Balaban J connectivity index is 0.988. The van der Waals surface area contributed by atoms with Crippen molar-refractivity contribution in [3.8, 4) is 78.7 Å². The Bertz CT molecular complexity index is 3420. The lowest BCUT2D eigenvalue weighted by molar-refractivity contribution is 0.669. The minimum Gasteiger partial charge on any atom is -0.456 e. The van der Waals surface area contributed by atoms with E-state index in [-0.39, 0.29) is 0 Å². The van der Waals surface area contributed by atoms with Gasteiger partial charge in [0, 0.05) is 45.4 Å².